The third kappa shape index (κ3) is 1.76. The highest BCUT2D eigenvalue weighted by molar-refractivity contribution is 6.31. The molecule has 1 heterocycles. The molecule has 0 radical (unpaired) electrons. The van der Waals surface area contributed by atoms with Crippen molar-refractivity contribution in [3.05, 3.63) is 35.0 Å². The summed E-state index contributed by atoms with van der Waals surface area (Å²) in [4.78, 5) is 3.14. The number of aliphatic hydroxyl groups is 1. The van der Waals surface area contributed by atoms with Gasteiger partial charge in [-0.3, -0.25) is 0 Å². The minimum absolute atomic E-state index is 0.315. The largest absolute Gasteiger partial charge is 0.393 e. The van der Waals surface area contributed by atoms with Gasteiger partial charge >= 0.3 is 0 Å². The summed E-state index contributed by atoms with van der Waals surface area (Å²) in [5.41, 5.74) is 2.15. The first-order valence-electron chi connectivity index (χ1n) is 4.60. The van der Waals surface area contributed by atoms with Crippen LogP contribution >= 0.6 is 11.6 Å². The van der Waals surface area contributed by atoms with Crippen molar-refractivity contribution in [1.82, 2.24) is 4.98 Å². The zero-order valence-corrected chi connectivity index (χ0v) is 8.67. The third-order valence-electron chi connectivity index (χ3n) is 2.24. The second kappa shape index (κ2) is 3.64. The predicted molar refractivity (Wildman–Crippen MR) is 58.7 cm³/mol. The van der Waals surface area contributed by atoms with E-state index in [4.69, 9.17) is 11.6 Å². The van der Waals surface area contributed by atoms with Crippen molar-refractivity contribution in [2.24, 2.45) is 0 Å². The number of H-pyrrole nitrogens is 1. The molecule has 0 aliphatic carbocycles. The SMILES string of the molecule is C[C@@H](O)Cc1c[nH]c2cc(Cl)ccc12. The van der Waals surface area contributed by atoms with Crippen molar-refractivity contribution in [3.63, 3.8) is 0 Å². The first-order chi connectivity index (χ1) is 6.66. The molecule has 2 aromatic rings. The van der Waals surface area contributed by atoms with E-state index in [0.717, 1.165) is 21.5 Å². The van der Waals surface area contributed by atoms with E-state index >= 15 is 0 Å². The van der Waals surface area contributed by atoms with Crippen LogP contribution in [0.1, 0.15) is 12.5 Å². The Kier molecular flexibility index (Phi) is 2.48. The molecule has 14 heavy (non-hydrogen) atoms. The van der Waals surface area contributed by atoms with E-state index in [0.29, 0.717) is 6.42 Å². The molecular weight excluding hydrogens is 198 g/mol. The quantitative estimate of drug-likeness (QED) is 0.784. The Bertz CT molecular complexity index is 447. The summed E-state index contributed by atoms with van der Waals surface area (Å²) in [6.07, 6.45) is 2.28. The van der Waals surface area contributed by atoms with Crippen LogP contribution in [0, 0.1) is 0 Å². The fraction of sp³-hybridized carbons (Fsp3) is 0.273. The molecule has 0 bridgehead atoms. The molecule has 0 aliphatic heterocycles. The molecule has 0 spiro atoms. The second-order valence-electron chi connectivity index (χ2n) is 3.56. The lowest BCUT2D eigenvalue weighted by molar-refractivity contribution is 0.196. The Morgan fingerprint density at radius 3 is 3.00 bits per heavy atom. The number of hydrogen-bond acceptors (Lipinski definition) is 1. The maximum Gasteiger partial charge on any atom is 0.0553 e. The molecule has 0 amide bonds. The molecule has 0 saturated heterocycles. The summed E-state index contributed by atoms with van der Waals surface area (Å²) in [6, 6.07) is 5.73. The van der Waals surface area contributed by atoms with Crippen molar-refractivity contribution in [2.45, 2.75) is 19.4 Å². The molecular formula is C11H12ClNO. The van der Waals surface area contributed by atoms with Crippen molar-refractivity contribution in [2.75, 3.05) is 0 Å². The summed E-state index contributed by atoms with van der Waals surface area (Å²) in [5.74, 6) is 0. The van der Waals surface area contributed by atoms with Gasteiger partial charge < -0.3 is 10.1 Å². The van der Waals surface area contributed by atoms with Crippen molar-refractivity contribution in [3.8, 4) is 0 Å². The number of aromatic nitrogens is 1. The second-order valence-corrected chi connectivity index (χ2v) is 3.99. The maximum atomic E-state index is 9.30. The zero-order chi connectivity index (χ0) is 10.1. The summed E-state index contributed by atoms with van der Waals surface area (Å²) >= 11 is 5.86. The Morgan fingerprint density at radius 2 is 2.29 bits per heavy atom. The topological polar surface area (TPSA) is 36.0 Å². The number of hydrogen-bond donors (Lipinski definition) is 2. The van der Waals surface area contributed by atoms with Crippen LogP contribution in [0.5, 0.6) is 0 Å². The average molecular weight is 210 g/mol. The highest BCUT2D eigenvalue weighted by Crippen LogP contribution is 2.22. The molecule has 1 atom stereocenters. The molecule has 0 saturated carbocycles. The normalized spacial score (nSPS) is 13.4. The molecule has 0 fully saturated rings. The summed E-state index contributed by atoms with van der Waals surface area (Å²) in [5, 5.41) is 11.2. The van der Waals surface area contributed by atoms with E-state index < -0.39 is 0 Å². The van der Waals surface area contributed by atoms with E-state index in [-0.39, 0.29) is 6.10 Å². The summed E-state index contributed by atoms with van der Waals surface area (Å²) in [7, 11) is 0. The molecule has 2 rings (SSSR count). The van der Waals surface area contributed by atoms with Crippen molar-refractivity contribution in [1.29, 1.82) is 0 Å². The number of rotatable bonds is 2. The van der Waals surface area contributed by atoms with Gasteiger partial charge in [0.15, 0.2) is 0 Å². The van der Waals surface area contributed by atoms with Crippen LogP contribution < -0.4 is 0 Å². The molecule has 3 heteroatoms. The van der Waals surface area contributed by atoms with Crippen molar-refractivity contribution >= 4 is 22.5 Å². The van der Waals surface area contributed by atoms with Crippen molar-refractivity contribution < 1.29 is 5.11 Å². The molecule has 1 aromatic heterocycles. The van der Waals surface area contributed by atoms with Crippen LogP contribution in [0.2, 0.25) is 5.02 Å². The van der Waals surface area contributed by atoms with Crippen LogP contribution in [0.3, 0.4) is 0 Å². The number of fused-ring (bicyclic) bond motifs is 1. The van der Waals surface area contributed by atoms with Crippen LogP contribution in [-0.2, 0) is 6.42 Å². The molecule has 74 valence electrons. The predicted octanol–water partition coefficient (Wildman–Crippen LogP) is 2.74. The van der Waals surface area contributed by atoms with E-state index in [1.165, 1.54) is 0 Å². The van der Waals surface area contributed by atoms with Gasteiger partial charge in [0.2, 0.25) is 0 Å². The minimum atomic E-state index is -0.315. The Hall–Kier alpha value is -0.990. The molecule has 1 aromatic carbocycles. The lowest BCUT2D eigenvalue weighted by Crippen LogP contribution is -2.03. The molecule has 2 N–H and O–H groups in total. The van der Waals surface area contributed by atoms with Gasteiger partial charge in [0, 0.05) is 28.5 Å². The van der Waals surface area contributed by atoms with Gasteiger partial charge in [0.25, 0.3) is 0 Å². The van der Waals surface area contributed by atoms with Crippen LogP contribution in [0.4, 0.5) is 0 Å². The van der Waals surface area contributed by atoms with Gasteiger partial charge in [-0.25, -0.2) is 0 Å². The van der Waals surface area contributed by atoms with Gasteiger partial charge in [0.1, 0.15) is 0 Å². The third-order valence-corrected chi connectivity index (χ3v) is 2.48. The zero-order valence-electron chi connectivity index (χ0n) is 7.92. The van der Waals surface area contributed by atoms with Crippen LogP contribution in [0.25, 0.3) is 10.9 Å². The molecule has 2 nitrogen and oxygen atoms in total. The smallest absolute Gasteiger partial charge is 0.0553 e. The fourth-order valence-corrected chi connectivity index (χ4v) is 1.82. The van der Waals surface area contributed by atoms with E-state index in [1.54, 1.807) is 6.92 Å². The standard InChI is InChI=1S/C11H12ClNO/c1-7(14)4-8-6-13-11-5-9(12)2-3-10(8)11/h2-3,5-7,13-14H,4H2,1H3/t7-/m1/s1. The lowest BCUT2D eigenvalue weighted by Gasteiger charge is -2.01. The average Bonchev–Trinajstić information content (AvgIpc) is 2.47. The maximum absolute atomic E-state index is 9.30. The van der Waals surface area contributed by atoms with Crippen LogP contribution in [0.15, 0.2) is 24.4 Å². The van der Waals surface area contributed by atoms with Gasteiger partial charge in [-0.2, -0.15) is 0 Å². The monoisotopic (exact) mass is 209 g/mol. The first kappa shape index (κ1) is 9.56. The Balaban J connectivity index is 2.47. The molecule has 0 unspecified atom stereocenters. The van der Waals surface area contributed by atoms with Gasteiger partial charge in [0.05, 0.1) is 6.10 Å². The Labute approximate surface area is 87.5 Å². The van der Waals surface area contributed by atoms with Crippen LogP contribution in [-0.4, -0.2) is 16.2 Å². The number of nitrogens with one attached hydrogen (secondary N) is 1. The summed E-state index contributed by atoms with van der Waals surface area (Å²) < 4.78 is 0. The van der Waals surface area contributed by atoms with E-state index in [1.807, 2.05) is 24.4 Å². The first-order valence-corrected chi connectivity index (χ1v) is 4.98. The van der Waals surface area contributed by atoms with E-state index in [2.05, 4.69) is 4.98 Å². The highest BCUT2D eigenvalue weighted by Gasteiger charge is 2.06. The number of aliphatic hydroxyl groups excluding tert-OH is 1. The number of benzene rings is 1. The van der Waals surface area contributed by atoms with Gasteiger partial charge in [-0.05, 0) is 24.6 Å². The number of aromatic amines is 1. The molecule has 0 aliphatic rings. The summed E-state index contributed by atoms with van der Waals surface area (Å²) in [6.45, 7) is 1.79. The van der Waals surface area contributed by atoms with Gasteiger partial charge in [-0.15, -0.1) is 0 Å². The van der Waals surface area contributed by atoms with E-state index in [9.17, 15) is 5.11 Å². The minimum Gasteiger partial charge on any atom is -0.393 e. The fourth-order valence-electron chi connectivity index (χ4n) is 1.65. The highest BCUT2D eigenvalue weighted by atomic mass is 35.5. The Morgan fingerprint density at radius 1 is 1.50 bits per heavy atom. The number of halogens is 1. The van der Waals surface area contributed by atoms with Gasteiger partial charge in [-0.1, -0.05) is 17.7 Å². The lowest BCUT2D eigenvalue weighted by atomic mass is 10.1.